The van der Waals surface area contributed by atoms with E-state index in [2.05, 4.69) is 10.5 Å². The second-order valence-electron chi connectivity index (χ2n) is 5.66. The predicted molar refractivity (Wildman–Crippen MR) is 103 cm³/mol. The number of ether oxygens (including phenoxy) is 1. The number of rotatable bonds is 7. The summed E-state index contributed by atoms with van der Waals surface area (Å²) in [5.74, 6) is -0.199. The Labute approximate surface area is 168 Å². The molecule has 3 aromatic rings. The minimum Gasteiger partial charge on any atom is -0.477 e. The molecular formula is C19H13ClFN3O5. The summed E-state index contributed by atoms with van der Waals surface area (Å²) in [4.78, 5) is 22.1. The van der Waals surface area contributed by atoms with Crippen LogP contribution in [-0.2, 0) is 4.79 Å². The molecule has 0 fully saturated rings. The van der Waals surface area contributed by atoms with Gasteiger partial charge in [0.25, 0.3) is 5.91 Å². The Kier molecular flexibility index (Phi) is 6.20. The van der Waals surface area contributed by atoms with Gasteiger partial charge in [-0.25, -0.2) is 9.82 Å². The Bertz CT molecular complexity index is 1070. The fourth-order valence-electron chi connectivity index (χ4n) is 2.29. The molecule has 1 heterocycles. The molecule has 0 aliphatic heterocycles. The number of benzene rings is 2. The molecule has 1 N–H and O–H groups in total. The van der Waals surface area contributed by atoms with E-state index in [-0.39, 0.29) is 22.3 Å². The quantitative estimate of drug-likeness (QED) is 0.352. The molecular weight excluding hydrogens is 405 g/mol. The number of nitro groups is 1. The lowest BCUT2D eigenvalue weighted by molar-refractivity contribution is -0.385. The molecule has 2 aromatic carbocycles. The van der Waals surface area contributed by atoms with Gasteiger partial charge < -0.3 is 9.15 Å². The molecule has 1 amide bonds. The molecule has 0 aliphatic rings. The number of carbonyl (C=O) groups excluding carboxylic acids is 1. The first-order valence-corrected chi connectivity index (χ1v) is 8.54. The third kappa shape index (κ3) is 5.39. The van der Waals surface area contributed by atoms with Crippen LogP contribution >= 0.6 is 11.6 Å². The van der Waals surface area contributed by atoms with Crippen LogP contribution in [0.3, 0.4) is 0 Å². The van der Waals surface area contributed by atoms with Gasteiger partial charge in [-0.1, -0.05) is 11.6 Å². The molecule has 10 heteroatoms. The maximum absolute atomic E-state index is 13.0. The smallest absolute Gasteiger partial charge is 0.312 e. The van der Waals surface area contributed by atoms with Crippen LogP contribution in [0.5, 0.6) is 5.75 Å². The zero-order chi connectivity index (χ0) is 20.8. The topological polar surface area (TPSA) is 107 Å². The van der Waals surface area contributed by atoms with Crippen molar-refractivity contribution in [3.05, 3.63) is 81.3 Å². The van der Waals surface area contributed by atoms with Gasteiger partial charge in [0, 0.05) is 16.7 Å². The molecule has 0 unspecified atom stereocenters. The van der Waals surface area contributed by atoms with E-state index in [1.165, 1.54) is 30.5 Å². The third-order valence-corrected chi connectivity index (χ3v) is 3.85. The van der Waals surface area contributed by atoms with Crippen molar-refractivity contribution in [1.82, 2.24) is 5.43 Å². The summed E-state index contributed by atoms with van der Waals surface area (Å²) in [5, 5.41) is 14.9. The minimum atomic E-state index is -0.660. The van der Waals surface area contributed by atoms with Gasteiger partial charge in [-0.2, -0.15) is 5.10 Å². The number of nitro benzene ring substituents is 1. The van der Waals surface area contributed by atoms with Crippen molar-refractivity contribution in [2.45, 2.75) is 0 Å². The Morgan fingerprint density at radius 3 is 2.72 bits per heavy atom. The number of nitrogens with one attached hydrogen (secondary N) is 1. The minimum absolute atomic E-state index is 0.0893. The van der Waals surface area contributed by atoms with Crippen molar-refractivity contribution in [2.75, 3.05) is 6.61 Å². The average molecular weight is 418 g/mol. The molecule has 148 valence electrons. The average Bonchev–Trinajstić information content (AvgIpc) is 3.16. The van der Waals surface area contributed by atoms with Crippen LogP contribution in [-0.4, -0.2) is 23.7 Å². The fraction of sp³-hybridized carbons (Fsp3) is 0.0526. The zero-order valence-electron chi connectivity index (χ0n) is 14.7. The van der Waals surface area contributed by atoms with Crippen molar-refractivity contribution in [3.8, 4) is 17.1 Å². The second-order valence-corrected chi connectivity index (χ2v) is 6.10. The molecule has 29 heavy (non-hydrogen) atoms. The summed E-state index contributed by atoms with van der Waals surface area (Å²) in [6, 6.07) is 12.9. The van der Waals surface area contributed by atoms with Crippen molar-refractivity contribution in [3.63, 3.8) is 0 Å². The Balaban J connectivity index is 1.54. The van der Waals surface area contributed by atoms with Gasteiger partial charge in [0.05, 0.1) is 11.1 Å². The molecule has 0 bridgehead atoms. The predicted octanol–water partition coefficient (Wildman–Crippen LogP) is 4.18. The van der Waals surface area contributed by atoms with Gasteiger partial charge in [0.2, 0.25) is 0 Å². The largest absolute Gasteiger partial charge is 0.477 e. The molecule has 8 nitrogen and oxygen atoms in total. The molecule has 0 spiro atoms. The van der Waals surface area contributed by atoms with Crippen molar-refractivity contribution < 1.29 is 23.3 Å². The highest BCUT2D eigenvalue weighted by molar-refractivity contribution is 6.30. The van der Waals surface area contributed by atoms with Crippen LogP contribution < -0.4 is 10.2 Å². The first-order valence-electron chi connectivity index (χ1n) is 8.17. The van der Waals surface area contributed by atoms with Gasteiger partial charge in [-0.05, 0) is 48.5 Å². The summed E-state index contributed by atoms with van der Waals surface area (Å²) in [6.45, 7) is -0.487. The number of nitrogens with zero attached hydrogens (tertiary/aromatic N) is 2. The number of hydrogen-bond acceptors (Lipinski definition) is 6. The Hall–Kier alpha value is -3.72. The van der Waals surface area contributed by atoms with E-state index in [0.717, 1.165) is 6.07 Å². The number of amides is 1. The van der Waals surface area contributed by atoms with Crippen LogP contribution in [0.15, 0.2) is 64.1 Å². The summed E-state index contributed by atoms with van der Waals surface area (Å²) < 4.78 is 23.6. The Morgan fingerprint density at radius 2 is 2.00 bits per heavy atom. The standard InChI is InChI=1S/C19H13ClFN3O5/c20-13-3-7-18(16(9-13)24(26)27)28-11-19(25)23-22-10-15-6-8-17(29-15)12-1-4-14(21)5-2-12/h1-10H,11H2,(H,23,25)/b22-10-. The van der Waals surface area contributed by atoms with Crippen molar-refractivity contribution in [2.24, 2.45) is 5.10 Å². The lowest BCUT2D eigenvalue weighted by Gasteiger charge is -2.05. The molecule has 1 aromatic heterocycles. The number of furan rings is 1. The van der Waals surface area contributed by atoms with E-state index >= 15 is 0 Å². The molecule has 0 atom stereocenters. The van der Waals surface area contributed by atoms with Crippen molar-refractivity contribution >= 4 is 29.4 Å². The van der Waals surface area contributed by atoms with Gasteiger partial charge in [-0.15, -0.1) is 0 Å². The SMILES string of the molecule is O=C(COc1ccc(Cl)cc1[N+](=O)[O-])N/N=C\c1ccc(-c2ccc(F)cc2)o1. The van der Waals surface area contributed by atoms with Crippen molar-refractivity contribution in [1.29, 1.82) is 0 Å². The van der Waals surface area contributed by atoms with Crippen LogP contribution in [0.1, 0.15) is 5.76 Å². The summed E-state index contributed by atoms with van der Waals surface area (Å²) in [7, 11) is 0. The number of hydrogen-bond donors (Lipinski definition) is 1. The van der Waals surface area contributed by atoms with E-state index in [1.54, 1.807) is 24.3 Å². The zero-order valence-corrected chi connectivity index (χ0v) is 15.4. The maximum atomic E-state index is 13.0. The van der Waals surface area contributed by atoms with Gasteiger partial charge in [0.1, 0.15) is 17.3 Å². The highest BCUT2D eigenvalue weighted by Gasteiger charge is 2.16. The molecule has 0 radical (unpaired) electrons. The van der Waals surface area contributed by atoms with Gasteiger partial charge in [0.15, 0.2) is 12.4 Å². The second kappa shape index (κ2) is 8.98. The number of carbonyl (C=O) groups is 1. The monoisotopic (exact) mass is 417 g/mol. The van der Waals surface area contributed by atoms with E-state index in [1.807, 2.05) is 0 Å². The number of halogens is 2. The van der Waals surface area contributed by atoms with Crippen LogP contribution in [0.4, 0.5) is 10.1 Å². The Morgan fingerprint density at radius 1 is 1.24 bits per heavy atom. The van der Waals surface area contributed by atoms with E-state index < -0.39 is 17.4 Å². The maximum Gasteiger partial charge on any atom is 0.312 e. The first kappa shape index (κ1) is 20.0. The normalized spacial score (nSPS) is 10.8. The fourth-order valence-corrected chi connectivity index (χ4v) is 2.46. The van der Waals surface area contributed by atoms with Gasteiger partial charge >= 0.3 is 5.69 Å². The van der Waals surface area contributed by atoms with Gasteiger partial charge in [-0.3, -0.25) is 14.9 Å². The lowest BCUT2D eigenvalue weighted by Crippen LogP contribution is -2.24. The molecule has 0 saturated carbocycles. The first-order chi connectivity index (χ1) is 13.9. The van der Waals surface area contributed by atoms with E-state index in [9.17, 15) is 19.3 Å². The van der Waals surface area contributed by atoms with E-state index in [4.69, 9.17) is 20.8 Å². The summed E-state index contributed by atoms with van der Waals surface area (Å²) >= 11 is 5.71. The number of hydrazone groups is 1. The summed E-state index contributed by atoms with van der Waals surface area (Å²) in [5.41, 5.74) is 2.56. The summed E-state index contributed by atoms with van der Waals surface area (Å²) in [6.07, 6.45) is 1.27. The molecule has 3 rings (SSSR count). The van der Waals surface area contributed by atoms with Crippen LogP contribution in [0.2, 0.25) is 5.02 Å². The van der Waals surface area contributed by atoms with Crippen LogP contribution in [0, 0.1) is 15.9 Å². The molecule has 0 aliphatic carbocycles. The lowest BCUT2D eigenvalue weighted by atomic mass is 10.2. The highest BCUT2D eigenvalue weighted by Crippen LogP contribution is 2.29. The van der Waals surface area contributed by atoms with E-state index in [0.29, 0.717) is 17.1 Å². The third-order valence-electron chi connectivity index (χ3n) is 3.61. The van der Waals surface area contributed by atoms with Crippen LogP contribution in [0.25, 0.3) is 11.3 Å². The molecule has 0 saturated heterocycles. The highest BCUT2D eigenvalue weighted by atomic mass is 35.5.